The fourth-order valence-electron chi connectivity index (χ4n) is 1.67. The van der Waals surface area contributed by atoms with Gasteiger partial charge in [-0.15, -0.1) is 0 Å². The average Bonchev–Trinajstić information content (AvgIpc) is 2.54. The summed E-state index contributed by atoms with van der Waals surface area (Å²) in [7, 11) is 0. The van der Waals surface area contributed by atoms with Gasteiger partial charge in [-0.05, 0) is 11.1 Å². The van der Waals surface area contributed by atoms with E-state index in [1.807, 2.05) is 48.6 Å². The summed E-state index contributed by atoms with van der Waals surface area (Å²) in [5, 5.41) is 17.0. The Kier molecular flexibility index (Phi) is 8.71. The van der Waals surface area contributed by atoms with Crippen molar-refractivity contribution in [2.24, 2.45) is 0 Å². The average molecular weight is 322 g/mol. The van der Waals surface area contributed by atoms with E-state index in [9.17, 15) is 9.59 Å². The fourth-order valence-corrected chi connectivity index (χ4v) is 1.67. The standard InChI is InChI=1S/C20H18O4/c21-19(22)15-6-4-2-1-3-5-11-17-12-7-8-13-18(17)14-9-10-16-20(23)24/h1-16H,(H,21,22)(H,23,24)/b3-1+,4-2-,11-5-,14-9+,15-6+,16-10+. The van der Waals surface area contributed by atoms with Gasteiger partial charge < -0.3 is 10.2 Å². The molecule has 2 N–H and O–H groups in total. The summed E-state index contributed by atoms with van der Waals surface area (Å²) in [6, 6.07) is 7.72. The van der Waals surface area contributed by atoms with Crippen LogP contribution in [0.15, 0.2) is 85.0 Å². The first kappa shape index (κ1) is 18.6. The van der Waals surface area contributed by atoms with Crippen molar-refractivity contribution in [3.05, 3.63) is 96.2 Å². The van der Waals surface area contributed by atoms with Crippen LogP contribution in [0.5, 0.6) is 0 Å². The summed E-state index contributed by atoms with van der Waals surface area (Å²) < 4.78 is 0. The minimum atomic E-state index is -0.982. The SMILES string of the molecule is O=C(O)/C=C/C=C\C=C\C=C/c1ccccc1/C=C/C=C/C(=O)O. The van der Waals surface area contributed by atoms with Gasteiger partial charge in [-0.25, -0.2) is 9.59 Å². The van der Waals surface area contributed by atoms with Gasteiger partial charge in [0.2, 0.25) is 0 Å². The molecule has 0 atom stereocenters. The van der Waals surface area contributed by atoms with E-state index >= 15 is 0 Å². The summed E-state index contributed by atoms with van der Waals surface area (Å²) >= 11 is 0. The van der Waals surface area contributed by atoms with E-state index in [0.717, 1.165) is 23.3 Å². The first-order chi connectivity index (χ1) is 11.6. The zero-order valence-corrected chi connectivity index (χ0v) is 12.9. The zero-order valence-electron chi connectivity index (χ0n) is 12.9. The monoisotopic (exact) mass is 322 g/mol. The molecule has 0 aromatic heterocycles. The lowest BCUT2D eigenvalue weighted by molar-refractivity contribution is -0.132. The molecular weight excluding hydrogens is 304 g/mol. The van der Waals surface area contributed by atoms with Crippen LogP contribution in [0.1, 0.15) is 11.1 Å². The highest BCUT2D eigenvalue weighted by Gasteiger charge is 1.92. The molecule has 122 valence electrons. The first-order valence-corrected chi connectivity index (χ1v) is 7.17. The van der Waals surface area contributed by atoms with E-state index in [0.29, 0.717) is 0 Å². The second-order valence-electron chi connectivity index (χ2n) is 4.51. The smallest absolute Gasteiger partial charge is 0.328 e. The number of allylic oxidation sites excluding steroid dienone is 8. The Balaban J connectivity index is 2.67. The van der Waals surface area contributed by atoms with Gasteiger partial charge in [-0.3, -0.25) is 0 Å². The largest absolute Gasteiger partial charge is 0.478 e. The van der Waals surface area contributed by atoms with Crippen molar-refractivity contribution in [1.82, 2.24) is 0 Å². The number of rotatable bonds is 8. The van der Waals surface area contributed by atoms with Gasteiger partial charge in [0.05, 0.1) is 0 Å². The maximum absolute atomic E-state index is 10.4. The van der Waals surface area contributed by atoms with Crippen molar-refractivity contribution >= 4 is 24.1 Å². The van der Waals surface area contributed by atoms with Crippen molar-refractivity contribution in [2.75, 3.05) is 0 Å². The minimum absolute atomic E-state index is 0.970. The van der Waals surface area contributed by atoms with Gasteiger partial charge in [-0.1, -0.05) is 85.0 Å². The Morgan fingerprint density at radius 3 is 1.50 bits per heavy atom. The number of benzene rings is 1. The van der Waals surface area contributed by atoms with Gasteiger partial charge in [0.15, 0.2) is 0 Å². The Bertz CT molecular complexity index is 732. The lowest BCUT2D eigenvalue weighted by atomic mass is 10.1. The Labute approximate surface area is 140 Å². The van der Waals surface area contributed by atoms with Crippen LogP contribution in [0, 0.1) is 0 Å². The molecule has 0 saturated carbocycles. The van der Waals surface area contributed by atoms with Gasteiger partial charge >= 0.3 is 11.9 Å². The molecule has 0 aliphatic carbocycles. The Hall–Kier alpha value is -3.40. The molecule has 0 bridgehead atoms. The Morgan fingerprint density at radius 2 is 1.00 bits per heavy atom. The fraction of sp³-hybridized carbons (Fsp3) is 0. The third-order valence-corrected chi connectivity index (χ3v) is 2.69. The molecule has 24 heavy (non-hydrogen) atoms. The van der Waals surface area contributed by atoms with Crippen LogP contribution in [0.2, 0.25) is 0 Å². The van der Waals surface area contributed by atoms with Gasteiger partial charge in [0.1, 0.15) is 0 Å². The van der Waals surface area contributed by atoms with Crippen LogP contribution in [0.4, 0.5) is 0 Å². The second-order valence-corrected chi connectivity index (χ2v) is 4.51. The van der Waals surface area contributed by atoms with Crippen LogP contribution >= 0.6 is 0 Å². The first-order valence-electron chi connectivity index (χ1n) is 7.17. The Morgan fingerprint density at radius 1 is 0.625 bits per heavy atom. The molecule has 1 aromatic carbocycles. The summed E-state index contributed by atoms with van der Waals surface area (Å²) in [6.45, 7) is 0. The molecule has 0 amide bonds. The van der Waals surface area contributed by atoms with Crippen molar-refractivity contribution in [1.29, 1.82) is 0 Å². The molecule has 0 unspecified atom stereocenters. The van der Waals surface area contributed by atoms with E-state index in [1.165, 1.54) is 12.2 Å². The minimum Gasteiger partial charge on any atom is -0.478 e. The molecule has 0 spiro atoms. The molecule has 0 aliphatic heterocycles. The van der Waals surface area contributed by atoms with Crippen LogP contribution in [0.25, 0.3) is 12.2 Å². The van der Waals surface area contributed by atoms with Crippen molar-refractivity contribution in [3.8, 4) is 0 Å². The van der Waals surface area contributed by atoms with Crippen LogP contribution < -0.4 is 0 Å². The lowest BCUT2D eigenvalue weighted by Crippen LogP contribution is -1.84. The van der Waals surface area contributed by atoms with E-state index < -0.39 is 11.9 Å². The topological polar surface area (TPSA) is 74.6 Å². The highest BCUT2D eigenvalue weighted by Crippen LogP contribution is 2.12. The van der Waals surface area contributed by atoms with Crippen LogP contribution in [-0.2, 0) is 9.59 Å². The molecule has 0 fully saturated rings. The maximum atomic E-state index is 10.4. The molecule has 0 radical (unpaired) electrons. The highest BCUT2D eigenvalue weighted by molar-refractivity contribution is 5.80. The summed E-state index contributed by atoms with van der Waals surface area (Å²) in [4.78, 5) is 20.7. The van der Waals surface area contributed by atoms with Crippen LogP contribution in [-0.4, -0.2) is 22.2 Å². The van der Waals surface area contributed by atoms with Gasteiger partial charge in [-0.2, -0.15) is 0 Å². The molecule has 4 heteroatoms. The normalized spacial score (nSPS) is 12.7. The number of carbonyl (C=O) groups is 2. The lowest BCUT2D eigenvalue weighted by Gasteiger charge is -1.98. The number of aliphatic carboxylic acids is 2. The van der Waals surface area contributed by atoms with Gasteiger partial charge in [0.25, 0.3) is 0 Å². The second kappa shape index (κ2) is 11.2. The van der Waals surface area contributed by atoms with Crippen LogP contribution in [0.3, 0.4) is 0 Å². The molecule has 4 nitrogen and oxygen atoms in total. The van der Waals surface area contributed by atoms with E-state index in [4.69, 9.17) is 10.2 Å². The van der Waals surface area contributed by atoms with E-state index in [-0.39, 0.29) is 0 Å². The number of carboxylic acid groups (broad SMARTS) is 2. The predicted octanol–water partition coefficient (Wildman–Crippen LogP) is 4.11. The molecule has 1 rings (SSSR count). The summed E-state index contributed by atoms with van der Waals surface area (Å²) in [5.41, 5.74) is 1.97. The third kappa shape index (κ3) is 8.79. The van der Waals surface area contributed by atoms with Gasteiger partial charge in [0, 0.05) is 12.2 Å². The third-order valence-electron chi connectivity index (χ3n) is 2.69. The zero-order chi connectivity index (χ0) is 17.6. The van der Waals surface area contributed by atoms with E-state index in [1.54, 1.807) is 24.3 Å². The van der Waals surface area contributed by atoms with Crippen molar-refractivity contribution in [3.63, 3.8) is 0 Å². The number of hydrogen-bond donors (Lipinski definition) is 2. The summed E-state index contributed by atoms with van der Waals surface area (Å²) in [6.07, 6.45) is 19.3. The number of carboxylic acids is 2. The maximum Gasteiger partial charge on any atom is 0.328 e. The molecular formula is C20H18O4. The molecule has 0 heterocycles. The molecule has 0 aliphatic rings. The van der Waals surface area contributed by atoms with Crippen molar-refractivity contribution in [2.45, 2.75) is 0 Å². The quantitative estimate of drug-likeness (QED) is 0.558. The predicted molar refractivity (Wildman–Crippen MR) is 96.3 cm³/mol. The molecule has 1 aromatic rings. The number of hydrogen-bond acceptors (Lipinski definition) is 2. The van der Waals surface area contributed by atoms with Crippen molar-refractivity contribution < 1.29 is 19.8 Å². The van der Waals surface area contributed by atoms with E-state index in [2.05, 4.69) is 0 Å². The molecule has 0 saturated heterocycles. The summed E-state index contributed by atoms with van der Waals surface area (Å²) in [5.74, 6) is -1.96. The highest BCUT2D eigenvalue weighted by atomic mass is 16.4.